The van der Waals surface area contributed by atoms with E-state index in [1.807, 2.05) is 13.1 Å². The summed E-state index contributed by atoms with van der Waals surface area (Å²) in [5.74, 6) is 0. The Bertz CT molecular complexity index is 1090. The van der Waals surface area contributed by atoms with E-state index in [0.29, 0.717) is 0 Å². The van der Waals surface area contributed by atoms with E-state index >= 15 is 0 Å². The van der Waals surface area contributed by atoms with Crippen LogP contribution in [0.3, 0.4) is 0 Å². The molecule has 1 nitrogen and oxygen atoms in total. The van der Waals surface area contributed by atoms with Crippen molar-refractivity contribution in [2.45, 2.75) is 107 Å². The standard InChI is InChI=1S/C22H28S.C9H12.C8H19N/c1-8-20-10-12-22(13-11-20)19(7)23-15-18(6)17(5)14-21(9-2)16(3)4;1-3-9-6-4-8(2)5-7-9;1-4-6-7-8(5-2)9-3/h9-15H,2,7-8H2,1,3-6H3;4-7H,3H2,1-2H3;8-9H,4-7H2,1-3H3/b17-14+,18-15+;;. The van der Waals surface area contributed by atoms with Gasteiger partial charge in [-0.25, -0.2) is 0 Å². The smallest absolute Gasteiger partial charge is 0.0116 e. The first-order valence-corrected chi connectivity index (χ1v) is 16.3. The molecule has 0 saturated carbocycles. The zero-order valence-corrected chi connectivity index (χ0v) is 28.8. The van der Waals surface area contributed by atoms with E-state index in [0.717, 1.165) is 23.8 Å². The fourth-order valence-corrected chi connectivity index (χ4v) is 4.61. The van der Waals surface area contributed by atoms with Crippen molar-refractivity contribution in [2.24, 2.45) is 0 Å². The van der Waals surface area contributed by atoms with Crippen molar-refractivity contribution >= 4 is 16.7 Å². The van der Waals surface area contributed by atoms with Crippen LogP contribution in [0.25, 0.3) is 4.91 Å². The summed E-state index contributed by atoms with van der Waals surface area (Å²) < 4.78 is 0. The van der Waals surface area contributed by atoms with Gasteiger partial charge in [0, 0.05) is 10.9 Å². The molecule has 0 heterocycles. The highest BCUT2D eigenvalue weighted by Gasteiger charge is 2.01. The van der Waals surface area contributed by atoms with Crippen molar-refractivity contribution in [3.05, 3.63) is 124 Å². The van der Waals surface area contributed by atoms with Crippen molar-refractivity contribution in [3.63, 3.8) is 0 Å². The van der Waals surface area contributed by atoms with E-state index < -0.39 is 0 Å². The third-order valence-corrected chi connectivity index (χ3v) is 8.18. The summed E-state index contributed by atoms with van der Waals surface area (Å²) in [6.45, 7) is 27.5. The second-order valence-corrected chi connectivity index (χ2v) is 11.7. The lowest BCUT2D eigenvalue weighted by atomic mass is 10.0. The molecule has 1 unspecified atom stereocenters. The summed E-state index contributed by atoms with van der Waals surface area (Å²) in [6.07, 6.45) is 11.6. The molecular weight excluding hydrogens is 515 g/mol. The number of hydrogen-bond donors (Lipinski definition) is 1. The van der Waals surface area contributed by atoms with Gasteiger partial charge in [-0.05, 0) is 106 Å². The van der Waals surface area contributed by atoms with Gasteiger partial charge < -0.3 is 5.32 Å². The number of rotatable bonds is 13. The molecule has 0 aliphatic rings. The molecule has 0 bridgehead atoms. The van der Waals surface area contributed by atoms with Crippen molar-refractivity contribution < 1.29 is 0 Å². The van der Waals surface area contributed by atoms with Gasteiger partial charge in [0.2, 0.25) is 0 Å². The van der Waals surface area contributed by atoms with Gasteiger partial charge in [0.25, 0.3) is 0 Å². The van der Waals surface area contributed by atoms with Crippen LogP contribution >= 0.6 is 11.8 Å². The van der Waals surface area contributed by atoms with Crippen LogP contribution in [-0.2, 0) is 12.8 Å². The Morgan fingerprint density at radius 1 is 0.854 bits per heavy atom. The maximum Gasteiger partial charge on any atom is 0.0116 e. The molecule has 2 aromatic carbocycles. The molecule has 0 radical (unpaired) electrons. The van der Waals surface area contributed by atoms with Gasteiger partial charge in [-0.2, -0.15) is 0 Å². The lowest BCUT2D eigenvalue weighted by molar-refractivity contribution is 0.488. The van der Waals surface area contributed by atoms with Crippen LogP contribution in [0, 0.1) is 6.92 Å². The molecule has 0 aromatic heterocycles. The number of aryl methyl sites for hydroxylation is 3. The average Bonchev–Trinajstić information content (AvgIpc) is 2.99. The van der Waals surface area contributed by atoms with Gasteiger partial charge in [0.1, 0.15) is 0 Å². The zero-order chi connectivity index (χ0) is 31.2. The molecule has 226 valence electrons. The van der Waals surface area contributed by atoms with E-state index in [9.17, 15) is 0 Å². The van der Waals surface area contributed by atoms with Crippen LogP contribution in [0.4, 0.5) is 0 Å². The fraction of sp³-hybridized carbons (Fsp3) is 0.436. The number of thioether (sulfide) groups is 1. The number of hydrogen-bond acceptors (Lipinski definition) is 2. The predicted octanol–water partition coefficient (Wildman–Crippen LogP) is 12.1. The summed E-state index contributed by atoms with van der Waals surface area (Å²) in [4.78, 5) is 1.07. The van der Waals surface area contributed by atoms with E-state index in [2.05, 4.69) is 141 Å². The highest BCUT2D eigenvalue weighted by atomic mass is 32.2. The van der Waals surface area contributed by atoms with Crippen LogP contribution in [0.5, 0.6) is 0 Å². The van der Waals surface area contributed by atoms with Crippen LogP contribution in [0.2, 0.25) is 0 Å². The first-order chi connectivity index (χ1) is 19.6. The second-order valence-electron chi connectivity index (χ2n) is 10.8. The van der Waals surface area contributed by atoms with E-state index in [4.69, 9.17) is 0 Å². The third kappa shape index (κ3) is 17.1. The second kappa shape index (κ2) is 23.1. The molecule has 2 heteroatoms. The van der Waals surface area contributed by atoms with Crippen LogP contribution in [-0.4, -0.2) is 13.1 Å². The molecule has 0 aliphatic carbocycles. The first kappa shape index (κ1) is 38.5. The molecular formula is C39H59NS. The number of nitrogens with one attached hydrogen (secondary N) is 1. The molecule has 0 amide bonds. The van der Waals surface area contributed by atoms with Gasteiger partial charge in [-0.15, -0.1) is 0 Å². The number of allylic oxidation sites excluding steroid dienone is 6. The Balaban J connectivity index is 0.000000724. The molecule has 2 rings (SSSR count). The van der Waals surface area contributed by atoms with Gasteiger partial charge in [-0.1, -0.05) is 137 Å². The fourth-order valence-electron chi connectivity index (χ4n) is 3.83. The highest BCUT2D eigenvalue weighted by molar-refractivity contribution is 8.10. The van der Waals surface area contributed by atoms with E-state index in [1.165, 1.54) is 70.2 Å². The quantitative estimate of drug-likeness (QED) is 0.239. The van der Waals surface area contributed by atoms with Gasteiger partial charge in [0.05, 0.1) is 0 Å². The number of benzene rings is 2. The maximum absolute atomic E-state index is 4.19. The Hall–Kier alpha value is -2.55. The van der Waals surface area contributed by atoms with Crippen molar-refractivity contribution in [1.82, 2.24) is 5.32 Å². The highest BCUT2D eigenvalue weighted by Crippen LogP contribution is 2.29. The molecule has 2 aromatic rings. The van der Waals surface area contributed by atoms with Crippen molar-refractivity contribution in [1.29, 1.82) is 0 Å². The molecule has 41 heavy (non-hydrogen) atoms. The summed E-state index contributed by atoms with van der Waals surface area (Å²) >= 11 is 1.68. The van der Waals surface area contributed by atoms with E-state index in [-0.39, 0.29) is 0 Å². The Kier molecular flexibility index (Phi) is 21.6. The van der Waals surface area contributed by atoms with Crippen molar-refractivity contribution in [2.75, 3.05) is 7.05 Å². The summed E-state index contributed by atoms with van der Waals surface area (Å²) in [7, 11) is 2.05. The molecule has 1 atom stereocenters. The van der Waals surface area contributed by atoms with Crippen LogP contribution in [0.15, 0.2) is 102 Å². The minimum absolute atomic E-state index is 0.755. The van der Waals surface area contributed by atoms with Gasteiger partial charge >= 0.3 is 0 Å². The first-order valence-electron chi connectivity index (χ1n) is 15.4. The average molecular weight is 574 g/mol. The monoisotopic (exact) mass is 573 g/mol. The van der Waals surface area contributed by atoms with Crippen LogP contribution < -0.4 is 5.32 Å². The summed E-state index contributed by atoms with van der Waals surface area (Å²) in [5.41, 5.74) is 10.3. The Morgan fingerprint density at radius 3 is 1.80 bits per heavy atom. The predicted molar refractivity (Wildman–Crippen MR) is 192 cm³/mol. The van der Waals surface area contributed by atoms with Gasteiger partial charge in [0.15, 0.2) is 0 Å². The molecule has 0 saturated heterocycles. The Labute approximate surface area is 259 Å². The molecule has 1 N–H and O–H groups in total. The van der Waals surface area contributed by atoms with Gasteiger partial charge in [-0.3, -0.25) is 0 Å². The van der Waals surface area contributed by atoms with E-state index in [1.54, 1.807) is 11.8 Å². The summed E-state index contributed by atoms with van der Waals surface area (Å²) in [5, 5.41) is 5.46. The summed E-state index contributed by atoms with van der Waals surface area (Å²) in [6, 6.07) is 18.1. The normalized spacial score (nSPS) is 11.9. The topological polar surface area (TPSA) is 12.0 Å². The largest absolute Gasteiger partial charge is 0.317 e. The molecule has 0 aliphatic heterocycles. The SMILES string of the molecule is C=CC(/C=C(C)/C(C)=C/SC(=C)c1ccc(CC)cc1)=C(C)C.CCCCC(CC)NC.CCc1ccc(C)cc1. The number of unbranched alkanes of at least 4 members (excludes halogenated alkanes) is 1. The maximum atomic E-state index is 4.19. The lowest BCUT2D eigenvalue weighted by Crippen LogP contribution is -2.23. The minimum atomic E-state index is 0.755. The zero-order valence-electron chi connectivity index (χ0n) is 28.0. The molecule has 0 spiro atoms. The van der Waals surface area contributed by atoms with Crippen LogP contribution in [0.1, 0.15) is 103 Å². The Morgan fingerprint density at radius 2 is 1.39 bits per heavy atom. The third-order valence-electron chi connectivity index (χ3n) is 7.19. The lowest BCUT2D eigenvalue weighted by Gasteiger charge is -2.11. The molecule has 0 fully saturated rings. The van der Waals surface area contributed by atoms with Crippen molar-refractivity contribution in [3.8, 4) is 0 Å². The minimum Gasteiger partial charge on any atom is -0.317 e.